The molecule has 0 fully saturated rings. The quantitative estimate of drug-likeness (QED) is 0.509. The Morgan fingerprint density at radius 1 is 1.20 bits per heavy atom. The number of carboxylic acids is 1. The highest BCUT2D eigenvalue weighted by Crippen LogP contribution is 2.37. The molecular weight excluding hydrogens is 437 g/mol. The van der Waals surface area contributed by atoms with Crippen molar-refractivity contribution in [2.24, 2.45) is 0 Å². The number of hydrogen-bond acceptors (Lipinski definition) is 6. The van der Waals surface area contributed by atoms with Gasteiger partial charge in [-0.15, -0.1) is 11.8 Å². The van der Waals surface area contributed by atoms with Crippen molar-refractivity contribution < 1.29 is 33.4 Å². The van der Waals surface area contributed by atoms with Crippen molar-refractivity contribution in [2.45, 2.75) is 49.7 Å². The van der Waals surface area contributed by atoms with Crippen LogP contribution in [-0.2, 0) is 23.9 Å². The average molecular weight is 458 g/mol. The first-order chi connectivity index (χ1) is 14.1. The molecule has 1 atom stereocenters. The lowest BCUT2D eigenvalue weighted by Gasteiger charge is -2.25. The second kappa shape index (κ2) is 10.1. The van der Waals surface area contributed by atoms with Gasteiger partial charge in [-0.25, -0.2) is 14.1 Å². The summed E-state index contributed by atoms with van der Waals surface area (Å²) < 4.78 is 19.4. The van der Waals surface area contributed by atoms with Gasteiger partial charge in [0, 0.05) is 23.0 Å². The third-order valence-electron chi connectivity index (χ3n) is 4.58. The number of ether oxygens (including phenoxy) is 1. The Balaban J connectivity index is 2.53. The SMILES string of the molecule is COC(=O)C(C)Sc1cc(N(C(C)=O)C(=O)C2=C(C(=O)O)CCCC2)c(F)cc1Cl. The number of benzene rings is 1. The molecule has 0 radical (unpaired) electrons. The predicted molar refractivity (Wildman–Crippen MR) is 110 cm³/mol. The molecule has 0 aromatic heterocycles. The Kier molecular flexibility index (Phi) is 8.03. The van der Waals surface area contributed by atoms with E-state index in [0.717, 1.165) is 24.8 Å². The van der Waals surface area contributed by atoms with E-state index in [-0.39, 0.29) is 39.6 Å². The van der Waals surface area contributed by atoms with Gasteiger partial charge in [-0.1, -0.05) is 11.6 Å². The number of esters is 1. The molecule has 0 saturated carbocycles. The Morgan fingerprint density at radius 2 is 1.80 bits per heavy atom. The van der Waals surface area contributed by atoms with E-state index in [1.165, 1.54) is 13.2 Å². The standard InChI is InChI=1S/C20H21ClFNO6S/c1-10(20(28)29-3)30-17-9-16(15(22)8-14(17)21)23(11(2)24)18(25)12-6-4-5-7-13(12)19(26)27/h8-10H,4-7H2,1-3H3,(H,26,27). The molecule has 2 rings (SSSR count). The van der Waals surface area contributed by atoms with Crippen LogP contribution in [-0.4, -0.2) is 41.2 Å². The van der Waals surface area contributed by atoms with Gasteiger partial charge in [0.25, 0.3) is 5.91 Å². The van der Waals surface area contributed by atoms with Gasteiger partial charge in [0.2, 0.25) is 5.91 Å². The van der Waals surface area contributed by atoms with Gasteiger partial charge in [0.05, 0.1) is 17.8 Å². The van der Waals surface area contributed by atoms with Gasteiger partial charge in [-0.2, -0.15) is 0 Å². The lowest BCUT2D eigenvalue weighted by molar-refractivity contribution is -0.139. The van der Waals surface area contributed by atoms with Gasteiger partial charge >= 0.3 is 11.9 Å². The van der Waals surface area contributed by atoms with Crippen molar-refractivity contribution >= 4 is 52.8 Å². The largest absolute Gasteiger partial charge is 0.478 e. The van der Waals surface area contributed by atoms with Crippen LogP contribution in [0.4, 0.5) is 10.1 Å². The van der Waals surface area contributed by atoms with E-state index in [1.807, 2.05) is 0 Å². The molecule has 1 N–H and O–H groups in total. The minimum atomic E-state index is -1.23. The van der Waals surface area contributed by atoms with Crippen LogP contribution in [0.1, 0.15) is 39.5 Å². The Labute approximate surface area is 182 Å². The Bertz CT molecular complexity index is 932. The second-order valence-electron chi connectivity index (χ2n) is 6.65. The second-order valence-corrected chi connectivity index (χ2v) is 8.44. The van der Waals surface area contributed by atoms with Crippen molar-refractivity contribution in [3.05, 3.63) is 34.1 Å². The van der Waals surface area contributed by atoms with Gasteiger partial charge in [0.15, 0.2) is 0 Å². The fraction of sp³-hybridized carbons (Fsp3) is 0.400. The van der Waals surface area contributed by atoms with Crippen molar-refractivity contribution in [1.82, 2.24) is 0 Å². The Morgan fingerprint density at radius 3 is 2.33 bits per heavy atom. The number of aliphatic carboxylic acids is 1. The fourth-order valence-electron chi connectivity index (χ4n) is 3.12. The van der Waals surface area contributed by atoms with Gasteiger partial charge in [-0.05, 0) is 44.7 Å². The lowest BCUT2D eigenvalue weighted by Crippen LogP contribution is -2.38. The van der Waals surface area contributed by atoms with Crippen LogP contribution in [0.25, 0.3) is 0 Å². The summed E-state index contributed by atoms with van der Waals surface area (Å²) in [7, 11) is 1.23. The average Bonchev–Trinajstić information content (AvgIpc) is 2.70. The minimum Gasteiger partial charge on any atom is -0.478 e. The first kappa shape index (κ1) is 23.9. The van der Waals surface area contributed by atoms with Crippen molar-refractivity contribution in [3.8, 4) is 0 Å². The topological polar surface area (TPSA) is 101 Å². The number of hydrogen-bond donors (Lipinski definition) is 1. The van der Waals surface area contributed by atoms with Crippen molar-refractivity contribution in [2.75, 3.05) is 12.0 Å². The number of halogens is 2. The fourth-order valence-corrected chi connectivity index (χ4v) is 4.33. The number of thioether (sulfide) groups is 1. The number of imide groups is 1. The highest BCUT2D eigenvalue weighted by molar-refractivity contribution is 8.00. The molecule has 1 aliphatic carbocycles. The maximum absolute atomic E-state index is 14.7. The molecule has 10 heteroatoms. The molecule has 162 valence electrons. The zero-order valence-electron chi connectivity index (χ0n) is 16.7. The van der Waals surface area contributed by atoms with E-state index in [1.54, 1.807) is 6.92 Å². The third-order valence-corrected chi connectivity index (χ3v) is 6.14. The number of amides is 2. The molecule has 1 aliphatic rings. The van der Waals surface area contributed by atoms with E-state index < -0.39 is 34.8 Å². The molecule has 0 aliphatic heterocycles. The molecule has 7 nitrogen and oxygen atoms in total. The van der Waals surface area contributed by atoms with Crippen LogP contribution >= 0.6 is 23.4 Å². The van der Waals surface area contributed by atoms with Crippen LogP contribution in [0.3, 0.4) is 0 Å². The molecule has 1 aromatic rings. The summed E-state index contributed by atoms with van der Waals surface area (Å²) in [5.74, 6) is -4.34. The highest BCUT2D eigenvalue weighted by atomic mass is 35.5. The van der Waals surface area contributed by atoms with Crippen molar-refractivity contribution in [1.29, 1.82) is 0 Å². The summed E-state index contributed by atoms with van der Waals surface area (Å²) in [6, 6.07) is 2.14. The number of carboxylic acid groups (broad SMARTS) is 1. The molecule has 0 bridgehead atoms. The van der Waals surface area contributed by atoms with Crippen LogP contribution in [0, 0.1) is 5.82 Å². The highest BCUT2D eigenvalue weighted by Gasteiger charge is 2.32. The zero-order chi connectivity index (χ0) is 22.6. The molecule has 0 saturated heterocycles. The summed E-state index contributed by atoms with van der Waals surface area (Å²) >= 11 is 7.06. The lowest BCUT2D eigenvalue weighted by atomic mass is 9.90. The number of anilines is 1. The number of nitrogens with zero attached hydrogens (tertiary/aromatic N) is 1. The summed E-state index contributed by atoms with van der Waals surface area (Å²) in [5.41, 5.74) is -0.449. The van der Waals surface area contributed by atoms with E-state index in [4.69, 9.17) is 11.6 Å². The van der Waals surface area contributed by atoms with Gasteiger partial charge in [0.1, 0.15) is 11.1 Å². The maximum atomic E-state index is 14.7. The number of carbonyl (C=O) groups is 4. The van der Waals surface area contributed by atoms with E-state index in [9.17, 15) is 28.7 Å². The number of rotatable bonds is 6. The van der Waals surface area contributed by atoms with E-state index in [0.29, 0.717) is 17.7 Å². The molecule has 1 aromatic carbocycles. The zero-order valence-corrected chi connectivity index (χ0v) is 18.2. The third kappa shape index (κ3) is 5.20. The molecule has 1 unspecified atom stereocenters. The predicted octanol–water partition coefficient (Wildman–Crippen LogP) is 3.97. The summed E-state index contributed by atoms with van der Waals surface area (Å²) in [4.78, 5) is 49.5. The van der Waals surface area contributed by atoms with Crippen LogP contribution in [0.5, 0.6) is 0 Å². The first-order valence-corrected chi connectivity index (χ1v) is 10.4. The first-order valence-electron chi connectivity index (χ1n) is 9.12. The van der Waals surface area contributed by atoms with Crippen LogP contribution in [0.15, 0.2) is 28.2 Å². The number of carbonyl (C=O) groups excluding carboxylic acids is 3. The molecule has 30 heavy (non-hydrogen) atoms. The van der Waals surface area contributed by atoms with Crippen molar-refractivity contribution in [3.63, 3.8) is 0 Å². The molecule has 0 spiro atoms. The smallest absolute Gasteiger partial charge is 0.332 e. The van der Waals surface area contributed by atoms with E-state index >= 15 is 0 Å². The summed E-state index contributed by atoms with van der Waals surface area (Å²) in [5, 5.41) is 8.73. The minimum absolute atomic E-state index is 0.00365. The maximum Gasteiger partial charge on any atom is 0.332 e. The monoisotopic (exact) mass is 457 g/mol. The molecule has 0 heterocycles. The normalized spacial score (nSPS) is 14.8. The van der Waals surface area contributed by atoms with Gasteiger partial charge < -0.3 is 9.84 Å². The number of methoxy groups -OCH3 is 1. The Hall–Kier alpha value is -2.39. The van der Waals surface area contributed by atoms with Crippen LogP contribution in [0.2, 0.25) is 5.02 Å². The summed E-state index contributed by atoms with van der Waals surface area (Å²) in [6.07, 6.45) is 1.58. The van der Waals surface area contributed by atoms with E-state index in [2.05, 4.69) is 4.74 Å². The molecular formula is C20H21ClFNO6S. The molecule has 2 amide bonds. The summed E-state index contributed by atoms with van der Waals surface area (Å²) in [6.45, 7) is 2.65. The van der Waals surface area contributed by atoms with Crippen LogP contribution < -0.4 is 4.90 Å². The van der Waals surface area contributed by atoms with Gasteiger partial charge in [-0.3, -0.25) is 14.4 Å².